The van der Waals surface area contributed by atoms with Gasteiger partial charge < -0.3 is 11.1 Å². The van der Waals surface area contributed by atoms with E-state index >= 15 is 0 Å². The third-order valence-corrected chi connectivity index (χ3v) is 4.10. The first kappa shape index (κ1) is 16.2. The first-order valence-electron chi connectivity index (χ1n) is 7.58. The number of rotatable bonds is 5. The van der Waals surface area contributed by atoms with E-state index in [1.165, 1.54) is 0 Å². The van der Waals surface area contributed by atoms with Crippen molar-refractivity contribution in [2.24, 2.45) is 5.73 Å². The highest BCUT2D eigenvalue weighted by Crippen LogP contribution is 2.26. The van der Waals surface area contributed by atoms with Gasteiger partial charge in [0.05, 0.1) is 5.41 Å². The highest BCUT2D eigenvalue weighted by molar-refractivity contribution is 5.87. The molecule has 3 heteroatoms. The van der Waals surface area contributed by atoms with Crippen LogP contribution >= 0.6 is 0 Å². The maximum absolute atomic E-state index is 12.6. The van der Waals surface area contributed by atoms with Crippen LogP contribution in [0.1, 0.15) is 36.6 Å². The second-order valence-corrected chi connectivity index (χ2v) is 6.17. The number of carbonyl (C=O) groups is 1. The predicted molar refractivity (Wildman–Crippen MR) is 90.6 cm³/mol. The summed E-state index contributed by atoms with van der Waals surface area (Å²) in [4.78, 5) is 12.6. The summed E-state index contributed by atoms with van der Waals surface area (Å²) in [5, 5.41) is 2.98. The zero-order valence-corrected chi connectivity index (χ0v) is 13.5. The van der Waals surface area contributed by atoms with Crippen LogP contribution in [0, 0.1) is 6.92 Å². The molecular formula is C19H24N2O. The molecule has 0 fully saturated rings. The normalized spacial score (nSPS) is 12.7. The van der Waals surface area contributed by atoms with Crippen LogP contribution in [0.2, 0.25) is 0 Å². The lowest BCUT2D eigenvalue weighted by molar-refractivity contribution is -0.125. The van der Waals surface area contributed by atoms with Crippen molar-refractivity contribution in [3.63, 3.8) is 0 Å². The summed E-state index contributed by atoms with van der Waals surface area (Å²) in [5.74, 6) is -0.00631. The molecule has 0 aliphatic carbocycles. The van der Waals surface area contributed by atoms with Gasteiger partial charge in [-0.3, -0.25) is 4.79 Å². The van der Waals surface area contributed by atoms with E-state index in [-0.39, 0.29) is 11.9 Å². The Labute approximate surface area is 132 Å². The molecule has 1 atom stereocenters. The summed E-state index contributed by atoms with van der Waals surface area (Å²) >= 11 is 0. The lowest BCUT2D eigenvalue weighted by Gasteiger charge is -2.26. The first-order valence-corrected chi connectivity index (χ1v) is 7.58. The summed E-state index contributed by atoms with van der Waals surface area (Å²) < 4.78 is 0. The van der Waals surface area contributed by atoms with Gasteiger partial charge >= 0.3 is 0 Å². The molecular weight excluding hydrogens is 272 g/mol. The summed E-state index contributed by atoms with van der Waals surface area (Å²) in [5.41, 5.74) is 8.75. The van der Waals surface area contributed by atoms with E-state index in [0.717, 1.165) is 16.7 Å². The van der Waals surface area contributed by atoms with Crippen LogP contribution in [0.3, 0.4) is 0 Å². The predicted octanol–water partition coefficient (Wildman–Crippen LogP) is 3.09. The largest absolute Gasteiger partial charge is 0.353 e. The molecule has 1 unspecified atom stereocenters. The summed E-state index contributed by atoms with van der Waals surface area (Å²) in [6, 6.07) is 17.6. The molecule has 0 aliphatic rings. The fraction of sp³-hybridized carbons (Fsp3) is 0.316. The van der Waals surface area contributed by atoms with Gasteiger partial charge in [0.1, 0.15) is 0 Å². The Hall–Kier alpha value is -2.13. The van der Waals surface area contributed by atoms with Crippen LogP contribution in [-0.4, -0.2) is 12.5 Å². The highest BCUT2D eigenvalue weighted by atomic mass is 16.2. The van der Waals surface area contributed by atoms with Crippen molar-refractivity contribution < 1.29 is 4.79 Å². The number of nitrogens with one attached hydrogen (secondary N) is 1. The number of aryl methyl sites for hydroxylation is 1. The molecule has 0 saturated carbocycles. The Morgan fingerprint density at radius 3 is 2.32 bits per heavy atom. The molecule has 3 nitrogen and oxygen atoms in total. The van der Waals surface area contributed by atoms with E-state index in [1.807, 2.05) is 75.4 Å². The monoisotopic (exact) mass is 296 g/mol. The lowest BCUT2D eigenvalue weighted by atomic mass is 9.81. The molecule has 22 heavy (non-hydrogen) atoms. The third-order valence-electron chi connectivity index (χ3n) is 4.10. The number of hydrogen-bond donors (Lipinski definition) is 2. The molecule has 0 saturated heterocycles. The molecule has 2 rings (SSSR count). The summed E-state index contributed by atoms with van der Waals surface area (Å²) in [7, 11) is 0. The maximum atomic E-state index is 12.6. The van der Waals surface area contributed by atoms with Gasteiger partial charge in [-0.2, -0.15) is 0 Å². The fourth-order valence-corrected chi connectivity index (χ4v) is 2.64. The van der Waals surface area contributed by atoms with Gasteiger partial charge in [0.25, 0.3) is 0 Å². The van der Waals surface area contributed by atoms with E-state index in [2.05, 4.69) is 5.32 Å². The van der Waals surface area contributed by atoms with Crippen LogP contribution < -0.4 is 11.1 Å². The van der Waals surface area contributed by atoms with E-state index in [0.29, 0.717) is 6.54 Å². The SMILES string of the molecule is Cc1ccccc1C(C)(C)C(=O)NCC(N)c1ccccc1. The molecule has 2 aromatic carbocycles. The van der Waals surface area contributed by atoms with Gasteiger partial charge in [0.15, 0.2) is 0 Å². The van der Waals surface area contributed by atoms with Crippen molar-refractivity contribution in [2.75, 3.05) is 6.54 Å². The van der Waals surface area contributed by atoms with Crippen molar-refractivity contribution in [1.82, 2.24) is 5.32 Å². The molecule has 0 aromatic heterocycles. The average Bonchev–Trinajstić information content (AvgIpc) is 2.53. The minimum Gasteiger partial charge on any atom is -0.353 e. The second kappa shape index (κ2) is 6.75. The second-order valence-electron chi connectivity index (χ2n) is 6.17. The smallest absolute Gasteiger partial charge is 0.230 e. The standard InChI is InChI=1S/C19H24N2O/c1-14-9-7-8-12-16(14)19(2,3)18(22)21-13-17(20)15-10-5-4-6-11-15/h4-12,17H,13,20H2,1-3H3,(H,21,22). The van der Waals surface area contributed by atoms with Crippen molar-refractivity contribution in [1.29, 1.82) is 0 Å². The van der Waals surface area contributed by atoms with Gasteiger partial charge in [-0.05, 0) is 37.5 Å². The van der Waals surface area contributed by atoms with Gasteiger partial charge in [0, 0.05) is 12.6 Å². The Morgan fingerprint density at radius 2 is 1.68 bits per heavy atom. The molecule has 1 amide bonds. The topological polar surface area (TPSA) is 55.1 Å². The Morgan fingerprint density at radius 1 is 1.09 bits per heavy atom. The van der Waals surface area contributed by atoms with Crippen molar-refractivity contribution in [2.45, 2.75) is 32.2 Å². The molecule has 0 bridgehead atoms. The number of hydrogen-bond acceptors (Lipinski definition) is 2. The molecule has 0 spiro atoms. The van der Waals surface area contributed by atoms with Crippen LogP contribution in [-0.2, 0) is 10.2 Å². The summed E-state index contributed by atoms with van der Waals surface area (Å²) in [6.07, 6.45) is 0. The average molecular weight is 296 g/mol. The highest BCUT2D eigenvalue weighted by Gasteiger charge is 2.30. The van der Waals surface area contributed by atoms with Gasteiger partial charge in [-0.1, -0.05) is 54.6 Å². The molecule has 2 aromatic rings. The Balaban J connectivity index is 2.04. The maximum Gasteiger partial charge on any atom is 0.230 e. The van der Waals surface area contributed by atoms with E-state index in [1.54, 1.807) is 0 Å². The van der Waals surface area contributed by atoms with Gasteiger partial charge in [-0.25, -0.2) is 0 Å². The van der Waals surface area contributed by atoms with Gasteiger partial charge in [0.2, 0.25) is 5.91 Å². The fourth-order valence-electron chi connectivity index (χ4n) is 2.64. The lowest BCUT2D eigenvalue weighted by Crippen LogP contribution is -2.43. The minimum absolute atomic E-state index is 0.00631. The minimum atomic E-state index is -0.582. The van der Waals surface area contributed by atoms with E-state index in [9.17, 15) is 4.79 Å². The quantitative estimate of drug-likeness (QED) is 0.891. The third kappa shape index (κ3) is 3.55. The van der Waals surface area contributed by atoms with E-state index in [4.69, 9.17) is 5.73 Å². The molecule has 0 heterocycles. The van der Waals surface area contributed by atoms with Crippen LogP contribution in [0.5, 0.6) is 0 Å². The number of carbonyl (C=O) groups excluding carboxylic acids is 1. The number of amides is 1. The molecule has 116 valence electrons. The van der Waals surface area contributed by atoms with E-state index < -0.39 is 5.41 Å². The van der Waals surface area contributed by atoms with Crippen LogP contribution in [0.4, 0.5) is 0 Å². The zero-order valence-electron chi connectivity index (χ0n) is 13.5. The first-order chi connectivity index (χ1) is 10.4. The van der Waals surface area contributed by atoms with Crippen molar-refractivity contribution in [3.05, 3.63) is 71.3 Å². The Kier molecular flexibility index (Phi) is 4.99. The van der Waals surface area contributed by atoms with Crippen LogP contribution in [0.25, 0.3) is 0 Å². The molecule has 0 aliphatic heterocycles. The molecule has 0 radical (unpaired) electrons. The van der Waals surface area contributed by atoms with Gasteiger partial charge in [-0.15, -0.1) is 0 Å². The van der Waals surface area contributed by atoms with Crippen molar-refractivity contribution in [3.8, 4) is 0 Å². The van der Waals surface area contributed by atoms with Crippen LogP contribution in [0.15, 0.2) is 54.6 Å². The number of benzene rings is 2. The molecule has 3 N–H and O–H groups in total. The zero-order chi connectivity index (χ0) is 16.2. The summed E-state index contributed by atoms with van der Waals surface area (Å²) in [6.45, 7) is 6.34. The Bertz CT molecular complexity index is 635. The van der Waals surface area contributed by atoms with Crippen molar-refractivity contribution >= 4 is 5.91 Å². The number of nitrogens with two attached hydrogens (primary N) is 1.